The number of halogens is 2. The zero-order chi connectivity index (χ0) is 23.1. The Hall–Kier alpha value is -2.77. The van der Waals surface area contributed by atoms with Crippen LogP contribution in [0.15, 0.2) is 72.8 Å². The van der Waals surface area contributed by atoms with E-state index in [9.17, 15) is 14.4 Å². The molecule has 1 heterocycles. The molecule has 1 aliphatic heterocycles. The van der Waals surface area contributed by atoms with Gasteiger partial charge in [-0.2, -0.15) is 0 Å². The fraction of sp³-hybridized carbons (Fsp3) is 0.192. The van der Waals surface area contributed by atoms with Gasteiger partial charge in [0.25, 0.3) is 0 Å². The lowest BCUT2D eigenvalue weighted by Gasteiger charge is -2.55. The molecule has 4 aliphatic rings. The lowest BCUT2D eigenvalue weighted by molar-refractivity contribution is -0.122. The molecule has 5 nitrogen and oxygen atoms in total. The average Bonchev–Trinajstić information content (AvgIpc) is 3.09. The zero-order valence-corrected chi connectivity index (χ0v) is 20.7. The van der Waals surface area contributed by atoms with Gasteiger partial charge in [-0.1, -0.05) is 80.4 Å². The molecule has 3 amide bonds. The molecule has 2 unspecified atom stereocenters. The molecular weight excluding hydrogens is 548 g/mol. The number of hydrogen-bond donors (Lipinski definition) is 1. The molecule has 0 radical (unpaired) electrons. The molecule has 33 heavy (non-hydrogen) atoms. The molecule has 1 saturated heterocycles. The fourth-order valence-corrected chi connectivity index (χ4v) is 8.12. The Morgan fingerprint density at radius 1 is 0.758 bits per heavy atom. The monoisotopic (exact) mass is 564 g/mol. The molecule has 0 saturated carbocycles. The summed E-state index contributed by atoms with van der Waals surface area (Å²) in [6, 6.07) is 22.8. The zero-order valence-electron chi connectivity index (χ0n) is 17.5. The summed E-state index contributed by atoms with van der Waals surface area (Å²) in [7, 11) is 0. The van der Waals surface area contributed by atoms with Crippen LogP contribution in [-0.4, -0.2) is 17.7 Å². The minimum absolute atomic E-state index is 0.184. The van der Waals surface area contributed by atoms with Gasteiger partial charge in [-0.25, -0.2) is 4.90 Å². The minimum Gasteiger partial charge on any atom is -0.326 e. The number of carbonyl (C=O) groups is 3. The van der Waals surface area contributed by atoms with Crippen LogP contribution in [-0.2, 0) is 23.0 Å². The van der Waals surface area contributed by atoms with Crippen molar-refractivity contribution in [3.63, 3.8) is 0 Å². The Kier molecular flexibility index (Phi) is 4.33. The molecule has 2 bridgehead atoms. The molecule has 3 aromatic carbocycles. The van der Waals surface area contributed by atoms with Gasteiger partial charge in [-0.15, -0.1) is 0 Å². The second-order valence-electron chi connectivity index (χ2n) is 8.71. The van der Waals surface area contributed by atoms with Gasteiger partial charge in [-0.05, 0) is 46.5 Å². The molecular formula is C26H18Br2N2O3. The van der Waals surface area contributed by atoms with Crippen LogP contribution in [0.1, 0.15) is 29.2 Å². The van der Waals surface area contributed by atoms with Gasteiger partial charge in [0, 0.05) is 12.6 Å². The van der Waals surface area contributed by atoms with Crippen LogP contribution in [0.2, 0.25) is 0 Å². The molecule has 1 fully saturated rings. The number of rotatable bonds is 2. The van der Waals surface area contributed by atoms with Crippen molar-refractivity contribution in [3.05, 3.63) is 95.1 Å². The smallest absolute Gasteiger partial charge is 0.239 e. The normalized spacial score (nSPS) is 28.9. The minimum atomic E-state index is -0.808. The number of nitrogens with one attached hydrogen (secondary N) is 1. The molecule has 7 heteroatoms. The van der Waals surface area contributed by atoms with E-state index in [4.69, 9.17) is 0 Å². The highest BCUT2D eigenvalue weighted by molar-refractivity contribution is 9.10. The van der Waals surface area contributed by atoms with Crippen LogP contribution in [0.3, 0.4) is 0 Å². The Morgan fingerprint density at radius 2 is 1.15 bits per heavy atom. The second kappa shape index (κ2) is 6.87. The van der Waals surface area contributed by atoms with Gasteiger partial charge in [0.15, 0.2) is 0 Å². The lowest BCUT2D eigenvalue weighted by Crippen LogP contribution is -2.56. The molecule has 7 rings (SSSR count). The maximum Gasteiger partial charge on any atom is 0.239 e. The summed E-state index contributed by atoms with van der Waals surface area (Å²) >= 11 is 8.00. The predicted molar refractivity (Wildman–Crippen MR) is 133 cm³/mol. The summed E-state index contributed by atoms with van der Waals surface area (Å²) in [6.07, 6.45) is 0. The summed E-state index contributed by atoms with van der Waals surface area (Å²) in [4.78, 5) is 40.6. The summed E-state index contributed by atoms with van der Waals surface area (Å²) in [5.74, 6) is -1.87. The van der Waals surface area contributed by atoms with Crippen molar-refractivity contribution < 1.29 is 14.4 Å². The van der Waals surface area contributed by atoms with Crippen LogP contribution in [0, 0.1) is 11.8 Å². The van der Waals surface area contributed by atoms with Crippen LogP contribution in [0.25, 0.3) is 0 Å². The van der Waals surface area contributed by atoms with Crippen molar-refractivity contribution in [2.45, 2.75) is 15.6 Å². The van der Waals surface area contributed by atoms with E-state index in [0.29, 0.717) is 11.4 Å². The van der Waals surface area contributed by atoms with E-state index < -0.39 is 20.5 Å². The summed E-state index contributed by atoms with van der Waals surface area (Å²) in [5, 5.41) is 2.71. The molecule has 164 valence electrons. The number of amides is 3. The second-order valence-corrected chi connectivity index (χ2v) is 11.2. The highest BCUT2D eigenvalue weighted by Gasteiger charge is 2.72. The standard InChI is InChI=1S/C26H18Br2N2O3/c1-14(31)29-15-10-12-16(13-11-15)30-23(32)21-22(24(30)33)26(28)18-7-3-2-6-17(18)25(21,27)19-8-4-5-9-20(19)26/h2-13,21-22H,1H3,(H,29,31). The Labute approximate surface area is 207 Å². The van der Waals surface area contributed by atoms with Gasteiger partial charge in [0.1, 0.15) is 0 Å². The van der Waals surface area contributed by atoms with Crippen LogP contribution in [0.5, 0.6) is 0 Å². The summed E-state index contributed by atoms with van der Waals surface area (Å²) in [5.41, 5.74) is 5.12. The largest absolute Gasteiger partial charge is 0.326 e. The van der Waals surface area contributed by atoms with Crippen molar-refractivity contribution in [2.75, 3.05) is 10.2 Å². The molecule has 2 atom stereocenters. The van der Waals surface area contributed by atoms with Gasteiger partial charge in [0.2, 0.25) is 17.7 Å². The third kappa shape index (κ3) is 2.49. The maximum atomic E-state index is 14.0. The van der Waals surface area contributed by atoms with Crippen molar-refractivity contribution >= 4 is 61.0 Å². The average molecular weight is 566 g/mol. The first-order valence-corrected chi connectivity index (χ1v) is 12.2. The number of anilines is 2. The topological polar surface area (TPSA) is 66.5 Å². The third-order valence-corrected chi connectivity index (χ3v) is 9.73. The number of carbonyl (C=O) groups excluding carboxylic acids is 3. The number of imide groups is 1. The molecule has 1 N–H and O–H groups in total. The lowest BCUT2D eigenvalue weighted by atomic mass is 9.54. The fourth-order valence-electron chi connectivity index (χ4n) is 5.82. The number of benzene rings is 3. The van der Waals surface area contributed by atoms with Gasteiger partial charge < -0.3 is 5.32 Å². The predicted octanol–water partition coefficient (Wildman–Crippen LogP) is 5.05. The van der Waals surface area contributed by atoms with Crippen molar-refractivity contribution in [3.8, 4) is 0 Å². The van der Waals surface area contributed by atoms with Crippen molar-refractivity contribution in [2.24, 2.45) is 11.8 Å². The molecule has 0 aromatic heterocycles. The van der Waals surface area contributed by atoms with Crippen molar-refractivity contribution in [1.29, 1.82) is 0 Å². The Balaban J connectivity index is 1.54. The quantitative estimate of drug-likeness (QED) is 0.349. The van der Waals surface area contributed by atoms with Crippen LogP contribution < -0.4 is 10.2 Å². The van der Waals surface area contributed by atoms with Crippen molar-refractivity contribution in [1.82, 2.24) is 0 Å². The first-order valence-electron chi connectivity index (χ1n) is 10.6. The number of alkyl halides is 2. The van der Waals surface area contributed by atoms with E-state index in [1.807, 2.05) is 48.5 Å². The highest BCUT2D eigenvalue weighted by atomic mass is 79.9. The van der Waals surface area contributed by atoms with E-state index in [1.54, 1.807) is 24.3 Å². The van der Waals surface area contributed by atoms with Gasteiger partial charge in [-0.3, -0.25) is 14.4 Å². The Bertz CT molecular complexity index is 1250. The molecule has 3 aliphatic carbocycles. The SMILES string of the molecule is CC(=O)Nc1ccc(N2C(=O)C3C(C2=O)C2(Br)c4ccccc4C3(Br)c3ccccc32)cc1. The van der Waals surface area contributed by atoms with Crippen LogP contribution in [0.4, 0.5) is 11.4 Å². The summed E-state index contributed by atoms with van der Waals surface area (Å²) < 4.78 is -1.62. The van der Waals surface area contributed by atoms with E-state index in [1.165, 1.54) is 11.8 Å². The van der Waals surface area contributed by atoms with Gasteiger partial charge >= 0.3 is 0 Å². The number of hydrogen-bond acceptors (Lipinski definition) is 3. The summed E-state index contributed by atoms with van der Waals surface area (Å²) in [6.45, 7) is 1.43. The molecule has 0 spiro atoms. The van der Waals surface area contributed by atoms with E-state index in [-0.39, 0.29) is 17.7 Å². The molecule has 3 aromatic rings. The van der Waals surface area contributed by atoms with Crippen LogP contribution >= 0.6 is 31.9 Å². The highest BCUT2D eigenvalue weighted by Crippen LogP contribution is 2.70. The Morgan fingerprint density at radius 3 is 1.52 bits per heavy atom. The maximum absolute atomic E-state index is 14.0. The first kappa shape index (κ1) is 20.8. The third-order valence-electron chi connectivity index (χ3n) is 7.03. The van der Waals surface area contributed by atoms with E-state index >= 15 is 0 Å². The van der Waals surface area contributed by atoms with Gasteiger partial charge in [0.05, 0.1) is 26.2 Å². The van der Waals surface area contributed by atoms with E-state index in [0.717, 1.165) is 22.3 Å². The number of nitrogens with zero attached hydrogens (tertiary/aromatic N) is 1. The van der Waals surface area contributed by atoms with E-state index in [2.05, 4.69) is 37.2 Å². The first-order chi connectivity index (χ1) is 15.8.